The van der Waals surface area contributed by atoms with Gasteiger partial charge in [-0.15, -0.1) is 0 Å². The van der Waals surface area contributed by atoms with Gasteiger partial charge in [-0.05, 0) is 30.7 Å². The quantitative estimate of drug-likeness (QED) is 0.920. The largest absolute Gasteiger partial charge is 0.476 e. The van der Waals surface area contributed by atoms with Crippen LogP contribution in [0.2, 0.25) is 0 Å². The minimum Gasteiger partial charge on any atom is -0.476 e. The monoisotopic (exact) mass is 281 g/mol. The van der Waals surface area contributed by atoms with Gasteiger partial charge in [-0.3, -0.25) is 0 Å². The van der Waals surface area contributed by atoms with E-state index in [1.54, 1.807) is 19.1 Å². The molecule has 1 aromatic heterocycles. The lowest BCUT2D eigenvalue weighted by Gasteiger charge is -2.04. The van der Waals surface area contributed by atoms with Gasteiger partial charge < -0.3 is 9.63 Å². The summed E-state index contributed by atoms with van der Waals surface area (Å²) in [7, 11) is -3.28. The maximum absolute atomic E-state index is 11.5. The molecule has 1 aromatic carbocycles. The Labute approximate surface area is 109 Å². The Morgan fingerprint density at radius 1 is 1.32 bits per heavy atom. The molecular weight excluding hydrogens is 270 g/mol. The number of nitrogens with zero attached hydrogens (tertiary/aromatic N) is 1. The molecule has 1 N–H and O–H groups in total. The van der Waals surface area contributed by atoms with Crippen LogP contribution in [0.3, 0.4) is 0 Å². The maximum Gasteiger partial charge on any atom is 0.358 e. The molecule has 6 nitrogen and oxygen atoms in total. The molecule has 0 saturated carbocycles. The summed E-state index contributed by atoms with van der Waals surface area (Å²) in [5.41, 5.74) is 0.943. The van der Waals surface area contributed by atoms with Gasteiger partial charge in [-0.25, -0.2) is 13.2 Å². The van der Waals surface area contributed by atoms with Gasteiger partial charge >= 0.3 is 5.97 Å². The highest BCUT2D eigenvalue weighted by Crippen LogP contribution is 2.25. The van der Waals surface area contributed by atoms with E-state index in [0.29, 0.717) is 11.1 Å². The van der Waals surface area contributed by atoms with Crippen LogP contribution in [0.1, 0.15) is 16.1 Å². The molecule has 0 radical (unpaired) electrons. The first-order valence-electron chi connectivity index (χ1n) is 5.30. The average Bonchev–Trinajstić information content (AvgIpc) is 2.76. The number of benzene rings is 1. The zero-order valence-corrected chi connectivity index (χ0v) is 11.1. The number of rotatable bonds is 3. The predicted molar refractivity (Wildman–Crippen MR) is 66.7 cm³/mol. The van der Waals surface area contributed by atoms with Gasteiger partial charge in [0.1, 0.15) is 0 Å². The second-order valence-corrected chi connectivity index (χ2v) is 6.12. The van der Waals surface area contributed by atoms with Crippen LogP contribution in [0.5, 0.6) is 0 Å². The fourth-order valence-electron chi connectivity index (χ4n) is 1.73. The third-order valence-electron chi connectivity index (χ3n) is 2.59. The zero-order valence-electron chi connectivity index (χ0n) is 10.2. The summed E-state index contributed by atoms with van der Waals surface area (Å²) in [6, 6.07) is 5.91. The van der Waals surface area contributed by atoms with Gasteiger partial charge in [0.05, 0.1) is 4.90 Å². The summed E-state index contributed by atoms with van der Waals surface area (Å²) in [4.78, 5) is 10.9. The van der Waals surface area contributed by atoms with Crippen molar-refractivity contribution in [3.8, 4) is 11.3 Å². The molecule has 0 saturated heterocycles. The number of aromatic nitrogens is 1. The highest BCUT2D eigenvalue weighted by Gasteiger charge is 2.15. The maximum atomic E-state index is 11.5. The number of aromatic carboxylic acids is 1. The molecule has 7 heteroatoms. The van der Waals surface area contributed by atoms with Gasteiger partial charge in [-0.1, -0.05) is 5.16 Å². The molecule has 2 rings (SSSR count). The van der Waals surface area contributed by atoms with Gasteiger partial charge in [0, 0.05) is 17.9 Å². The molecule has 0 atom stereocenters. The second-order valence-electron chi connectivity index (χ2n) is 4.13. The summed E-state index contributed by atoms with van der Waals surface area (Å²) >= 11 is 0. The van der Waals surface area contributed by atoms with E-state index in [9.17, 15) is 13.2 Å². The van der Waals surface area contributed by atoms with E-state index in [4.69, 9.17) is 9.63 Å². The number of hydrogen-bond donors (Lipinski definition) is 1. The third-order valence-corrected chi connectivity index (χ3v) is 3.85. The van der Waals surface area contributed by atoms with Crippen molar-refractivity contribution in [3.63, 3.8) is 0 Å². The van der Waals surface area contributed by atoms with Gasteiger partial charge in [0.2, 0.25) is 0 Å². The van der Waals surface area contributed by atoms with Crippen LogP contribution in [0.25, 0.3) is 11.3 Å². The van der Waals surface area contributed by atoms with E-state index >= 15 is 0 Å². The van der Waals surface area contributed by atoms with Crippen molar-refractivity contribution in [3.05, 3.63) is 35.5 Å². The first-order chi connectivity index (χ1) is 8.79. The molecule has 0 aliphatic carbocycles. The molecule has 1 heterocycles. The number of carboxylic acid groups (broad SMARTS) is 1. The van der Waals surface area contributed by atoms with E-state index < -0.39 is 15.8 Å². The summed E-state index contributed by atoms with van der Waals surface area (Å²) in [6.07, 6.45) is 1.13. The van der Waals surface area contributed by atoms with E-state index in [1.807, 2.05) is 0 Å². The second kappa shape index (κ2) is 4.51. The molecular formula is C12H11NO5S. The molecule has 0 bridgehead atoms. The van der Waals surface area contributed by atoms with E-state index in [1.165, 1.54) is 12.1 Å². The SMILES string of the molecule is Cc1cc(-c2cc(C(=O)O)no2)ccc1S(C)(=O)=O. The number of hydrogen-bond acceptors (Lipinski definition) is 5. The fraction of sp³-hybridized carbons (Fsp3) is 0.167. The van der Waals surface area contributed by atoms with Crippen LogP contribution in [0.4, 0.5) is 0 Å². The fourth-order valence-corrected chi connectivity index (χ4v) is 2.69. The Morgan fingerprint density at radius 2 is 2.00 bits per heavy atom. The highest BCUT2D eigenvalue weighted by atomic mass is 32.2. The van der Waals surface area contributed by atoms with Crippen LogP contribution >= 0.6 is 0 Å². The van der Waals surface area contributed by atoms with E-state index in [-0.39, 0.29) is 16.3 Å². The molecule has 0 aliphatic heterocycles. The highest BCUT2D eigenvalue weighted by molar-refractivity contribution is 7.90. The minimum atomic E-state index is -3.28. The molecule has 100 valence electrons. The van der Waals surface area contributed by atoms with Crippen LogP contribution in [-0.4, -0.2) is 30.9 Å². The van der Waals surface area contributed by atoms with Crippen molar-refractivity contribution < 1.29 is 22.8 Å². The lowest BCUT2D eigenvalue weighted by molar-refractivity contribution is 0.0686. The van der Waals surface area contributed by atoms with Gasteiger partial charge in [0.15, 0.2) is 21.3 Å². The van der Waals surface area contributed by atoms with Crippen molar-refractivity contribution in [1.82, 2.24) is 5.16 Å². The molecule has 0 spiro atoms. The molecule has 19 heavy (non-hydrogen) atoms. The summed E-state index contributed by atoms with van der Waals surface area (Å²) in [6.45, 7) is 1.66. The normalized spacial score (nSPS) is 11.5. The van der Waals surface area contributed by atoms with Crippen LogP contribution in [0.15, 0.2) is 33.7 Å². The predicted octanol–water partition coefficient (Wildman–Crippen LogP) is 1.75. The Balaban J connectivity index is 2.47. The van der Waals surface area contributed by atoms with Crippen molar-refractivity contribution >= 4 is 15.8 Å². The van der Waals surface area contributed by atoms with Crippen molar-refractivity contribution in [2.75, 3.05) is 6.26 Å². The standard InChI is InChI=1S/C12H11NO5S/c1-7-5-8(3-4-11(7)19(2,16)17)10-6-9(12(14)15)13-18-10/h3-6H,1-2H3,(H,14,15). The lowest BCUT2D eigenvalue weighted by atomic mass is 10.1. The van der Waals surface area contributed by atoms with E-state index in [0.717, 1.165) is 6.26 Å². The van der Waals surface area contributed by atoms with Crippen LogP contribution in [-0.2, 0) is 9.84 Å². The number of aryl methyl sites for hydroxylation is 1. The van der Waals surface area contributed by atoms with Crippen LogP contribution in [0, 0.1) is 6.92 Å². The Kier molecular flexibility index (Phi) is 3.15. The molecule has 2 aromatic rings. The topological polar surface area (TPSA) is 97.5 Å². The molecule has 0 amide bonds. The number of sulfone groups is 1. The Hall–Kier alpha value is -2.15. The smallest absolute Gasteiger partial charge is 0.358 e. The minimum absolute atomic E-state index is 0.195. The summed E-state index contributed by atoms with van der Waals surface area (Å²) in [5.74, 6) is -0.903. The van der Waals surface area contributed by atoms with E-state index in [2.05, 4.69) is 5.16 Å². The van der Waals surface area contributed by atoms with Crippen molar-refractivity contribution in [1.29, 1.82) is 0 Å². The van der Waals surface area contributed by atoms with Gasteiger partial charge in [0.25, 0.3) is 0 Å². The van der Waals surface area contributed by atoms with Gasteiger partial charge in [-0.2, -0.15) is 0 Å². The summed E-state index contributed by atoms with van der Waals surface area (Å²) < 4.78 is 27.9. The van der Waals surface area contributed by atoms with Crippen LogP contribution < -0.4 is 0 Å². The summed E-state index contributed by atoms with van der Waals surface area (Å²) in [5, 5.41) is 12.1. The first-order valence-corrected chi connectivity index (χ1v) is 7.19. The van der Waals surface area contributed by atoms with Crippen molar-refractivity contribution in [2.45, 2.75) is 11.8 Å². The Bertz CT molecular complexity index is 745. The lowest BCUT2D eigenvalue weighted by Crippen LogP contribution is -1.99. The Morgan fingerprint density at radius 3 is 2.47 bits per heavy atom. The third kappa shape index (κ3) is 2.65. The first kappa shape index (κ1) is 13.3. The molecule has 0 unspecified atom stereocenters. The number of carboxylic acids is 1. The number of carbonyl (C=O) groups is 1. The zero-order chi connectivity index (χ0) is 14.2. The average molecular weight is 281 g/mol. The molecule has 0 aliphatic rings. The molecule has 0 fully saturated rings. The van der Waals surface area contributed by atoms with Crippen molar-refractivity contribution in [2.24, 2.45) is 0 Å².